The van der Waals surface area contributed by atoms with Crippen molar-refractivity contribution in [2.75, 3.05) is 19.7 Å². The third kappa shape index (κ3) is 6.05. The molecule has 3 aromatic rings. The fraction of sp³-hybridized carbons (Fsp3) is 0.200. The Morgan fingerprint density at radius 3 is 2.62 bits per heavy atom. The maximum Gasteiger partial charge on any atom is 0.316 e. The van der Waals surface area contributed by atoms with Crippen LogP contribution < -0.4 is 15.4 Å². The molecular formula is C20H19ClN4O4. The molecule has 0 saturated heterocycles. The van der Waals surface area contributed by atoms with Crippen LogP contribution >= 0.6 is 11.6 Å². The van der Waals surface area contributed by atoms with E-state index in [1.807, 2.05) is 31.2 Å². The van der Waals surface area contributed by atoms with Crippen molar-refractivity contribution in [1.82, 2.24) is 20.8 Å². The molecule has 2 aromatic carbocycles. The van der Waals surface area contributed by atoms with E-state index in [0.717, 1.165) is 11.1 Å². The summed E-state index contributed by atoms with van der Waals surface area (Å²) in [5, 5.41) is 9.65. The van der Waals surface area contributed by atoms with Gasteiger partial charge in [0.1, 0.15) is 5.75 Å². The second kappa shape index (κ2) is 9.70. The lowest BCUT2D eigenvalue weighted by Gasteiger charge is -2.07. The number of nitrogens with zero attached hydrogens (tertiary/aromatic N) is 2. The average molecular weight is 415 g/mol. The van der Waals surface area contributed by atoms with Crippen molar-refractivity contribution in [2.24, 2.45) is 0 Å². The van der Waals surface area contributed by atoms with Crippen molar-refractivity contribution in [3.63, 3.8) is 0 Å². The Morgan fingerprint density at radius 1 is 1.10 bits per heavy atom. The maximum absolute atomic E-state index is 12.1. The summed E-state index contributed by atoms with van der Waals surface area (Å²) in [6.45, 7) is 2.24. The molecule has 0 saturated carbocycles. The van der Waals surface area contributed by atoms with Crippen LogP contribution in [0.5, 0.6) is 5.75 Å². The normalized spacial score (nSPS) is 10.4. The van der Waals surface area contributed by atoms with Crippen LogP contribution in [0.15, 0.2) is 53.1 Å². The first-order valence-electron chi connectivity index (χ1n) is 8.85. The minimum absolute atomic E-state index is 0.140. The number of hydrogen-bond donors (Lipinski definition) is 2. The molecule has 2 amide bonds. The van der Waals surface area contributed by atoms with Crippen molar-refractivity contribution in [3.8, 4) is 17.1 Å². The number of rotatable bonds is 8. The van der Waals surface area contributed by atoms with E-state index in [9.17, 15) is 9.59 Å². The molecule has 0 atom stereocenters. The first-order chi connectivity index (χ1) is 14.0. The van der Waals surface area contributed by atoms with Crippen molar-refractivity contribution in [3.05, 3.63) is 65.0 Å². The van der Waals surface area contributed by atoms with Gasteiger partial charge in [0.25, 0.3) is 5.91 Å². The quantitative estimate of drug-likeness (QED) is 0.549. The van der Waals surface area contributed by atoms with E-state index in [1.165, 1.54) is 0 Å². The second-order valence-corrected chi connectivity index (χ2v) is 6.58. The van der Waals surface area contributed by atoms with E-state index in [-0.39, 0.29) is 31.5 Å². The first-order valence-corrected chi connectivity index (χ1v) is 9.23. The van der Waals surface area contributed by atoms with Crippen LogP contribution in [0, 0.1) is 6.92 Å². The summed E-state index contributed by atoms with van der Waals surface area (Å²) in [5.74, 6) is -0.0825. The highest BCUT2D eigenvalue weighted by Crippen LogP contribution is 2.17. The van der Waals surface area contributed by atoms with E-state index in [4.69, 9.17) is 20.9 Å². The third-order valence-corrected chi connectivity index (χ3v) is 4.06. The minimum atomic E-state index is -0.511. The number of nitrogens with one attached hydrogen (secondary N) is 2. The molecule has 2 N–H and O–H groups in total. The van der Waals surface area contributed by atoms with Crippen LogP contribution in [0.1, 0.15) is 16.2 Å². The molecule has 8 nitrogen and oxygen atoms in total. The van der Waals surface area contributed by atoms with Crippen LogP contribution in [-0.4, -0.2) is 41.7 Å². The zero-order valence-corrected chi connectivity index (χ0v) is 16.4. The van der Waals surface area contributed by atoms with E-state index in [1.54, 1.807) is 24.3 Å². The second-order valence-electron chi connectivity index (χ2n) is 6.14. The number of halogens is 1. The van der Waals surface area contributed by atoms with Gasteiger partial charge in [-0.05, 0) is 37.3 Å². The van der Waals surface area contributed by atoms with Gasteiger partial charge in [0.05, 0.1) is 0 Å². The Bertz CT molecular complexity index is 988. The number of hydrogen-bond acceptors (Lipinski definition) is 6. The summed E-state index contributed by atoms with van der Waals surface area (Å²) in [6, 6.07) is 14.2. The molecule has 0 fully saturated rings. The highest BCUT2D eigenvalue weighted by atomic mass is 35.5. The molecule has 3 rings (SSSR count). The summed E-state index contributed by atoms with van der Waals surface area (Å²) < 4.78 is 10.3. The van der Waals surface area contributed by atoms with E-state index in [2.05, 4.69) is 20.8 Å². The van der Waals surface area contributed by atoms with Gasteiger partial charge in [-0.15, -0.1) is 0 Å². The number of ether oxygens (including phenoxy) is 1. The predicted octanol–water partition coefficient (Wildman–Crippen LogP) is 2.62. The molecular weight excluding hydrogens is 396 g/mol. The number of carbonyl (C=O) groups is 2. The lowest BCUT2D eigenvalue weighted by molar-refractivity contribution is -0.123. The van der Waals surface area contributed by atoms with Crippen LogP contribution in [0.2, 0.25) is 5.02 Å². The summed E-state index contributed by atoms with van der Waals surface area (Å²) in [7, 11) is 0. The lowest BCUT2D eigenvalue weighted by Crippen LogP contribution is -2.36. The highest BCUT2D eigenvalue weighted by molar-refractivity contribution is 6.30. The Labute approximate surface area is 172 Å². The van der Waals surface area contributed by atoms with Gasteiger partial charge in [-0.25, -0.2) is 0 Å². The Kier molecular flexibility index (Phi) is 6.80. The van der Waals surface area contributed by atoms with E-state index < -0.39 is 5.91 Å². The van der Waals surface area contributed by atoms with Gasteiger partial charge in [-0.2, -0.15) is 4.98 Å². The Hall–Kier alpha value is -3.39. The zero-order chi connectivity index (χ0) is 20.6. The molecule has 0 aliphatic rings. The van der Waals surface area contributed by atoms with Gasteiger partial charge in [-0.1, -0.05) is 40.5 Å². The smallest absolute Gasteiger partial charge is 0.316 e. The van der Waals surface area contributed by atoms with Crippen LogP contribution in [0.25, 0.3) is 11.4 Å². The van der Waals surface area contributed by atoms with Crippen molar-refractivity contribution in [2.45, 2.75) is 6.92 Å². The van der Waals surface area contributed by atoms with Gasteiger partial charge in [0, 0.05) is 23.7 Å². The number of aromatic nitrogens is 2. The van der Waals surface area contributed by atoms with Gasteiger partial charge < -0.3 is 19.9 Å². The molecule has 0 aliphatic carbocycles. The molecule has 9 heteroatoms. The van der Waals surface area contributed by atoms with Gasteiger partial charge >= 0.3 is 11.8 Å². The van der Waals surface area contributed by atoms with E-state index >= 15 is 0 Å². The molecule has 0 spiro atoms. The minimum Gasteiger partial charge on any atom is -0.484 e. The topological polar surface area (TPSA) is 106 Å². The first kappa shape index (κ1) is 20.3. The standard InChI is InChI=1S/C20H19ClN4O4/c1-13-3-2-4-14(11-13)18-24-20(29-25-18)19(27)23-10-9-22-17(26)12-28-16-7-5-15(21)6-8-16/h2-8,11H,9-10,12H2,1H3,(H,22,26)(H,23,27). The molecule has 0 unspecified atom stereocenters. The Balaban J connectivity index is 1.38. The molecule has 29 heavy (non-hydrogen) atoms. The largest absolute Gasteiger partial charge is 0.484 e. The van der Waals surface area contributed by atoms with Gasteiger partial charge in [0.15, 0.2) is 6.61 Å². The Morgan fingerprint density at radius 2 is 1.86 bits per heavy atom. The molecule has 0 aliphatic heterocycles. The number of carbonyl (C=O) groups excluding carboxylic acids is 2. The zero-order valence-electron chi connectivity index (χ0n) is 15.6. The monoisotopic (exact) mass is 414 g/mol. The van der Waals surface area contributed by atoms with Crippen LogP contribution in [-0.2, 0) is 4.79 Å². The molecule has 0 radical (unpaired) electrons. The summed E-state index contributed by atoms with van der Waals surface area (Å²) in [6.07, 6.45) is 0. The average Bonchev–Trinajstić information content (AvgIpc) is 3.21. The molecule has 1 heterocycles. The van der Waals surface area contributed by atoms with Crippen molar-refractivity contribution in [1.29, 1.82) is 0 Å². The fourth-order valence-corrected chi connectivity index (χ4v) is 2.53. The summed E-state index contributed by atoms with van der Waals surface area (Å²) in [4.78, 5) is 28.0. The molecule has 1 aromatic heterocycles. The summed E-state index contributed by atoms with van der Waals surface area (Å²) in [5.41, 5.74) is 1.81. The van der Waals surface area contributed by atoms with Crippen LogP contribution in [0.3, 0.4) is 0 Å². The van der Waals surface area contributed by atoms with Crippen LogP contribution in [0.4, 0.5) is 0 Å². The fourth-order valence-electron chi connectivity index (χ4n) is 2.40. The predicted molar refractivity (Wildman–Crippen MR) is 107 cm³/mol. The lowest BCUT2D eigenvalue weighted by atomic mass is 10.1. The number of benzene rings is 2. The van der Waals surface area contributed by atoms with Gasteiger partial charge in [0.2, 0.25) is 5.82 Å². The van der Waals surface area contributed by atoms with E-state index in [0.29, 0.717) is 16.6 Å². The van der Waals surface area contributed by atoms with Crippen molar-refractivity contribution < 1.29 is 18.8 Å². The third-order valence-electron chi connectivity index (χ3n) is 3.81. The van der Waals surface area contributed by atoms with Gasteiger partial charge in [-0.3, -0.25) is 9.59 Å². The molecule has 0 bridgehead atoms. The number of amides is 2. The maximum atomic E-state index is 12.1. The van der Waals surface area contributed by atoms with Crippen molar-refractivity contribution >= 4 is 23.4 Å². The molecule has 150 valence electrons. The SMILES string of the molecule is Cc1cccc(-c2noc(C(=O)NCCNC(=O)COc3ccc(Cl)cc3)n2)c1. The highest BCUT2D eigenvalue weighted by Gasteiger charge is 2.15. The summed E-state index contributed by atoms with van der Waals surface area (Å²) >= 11 is 5.78. The number of aryl methyl sites for hydroxylation is 1.